The Morgan fingerprint density at radius 3 is 2.73 bits per heavy atom. The lowest BCUT2D eigenvalue weighted by Gasteiger charge is -2.43. The number of anilines is 2. The molecule has 5 rings (SSSR count). The summed E-state index contributed by atoms with van der Waals surface area (Å²) in [4.78, 5) is 42.7. The van der Waals surface area contributed by atoms with Crippen LogP contribution in [-0.4, -0.2) is 33.5 Å². The van der Waals surface area contributed by atoms with Crippen LogP contribution < -0.4 is 15.8 Å². The molecular weight excluding hydrogens is 422 g/mol. The summed E-state index contributed by atoms with van der Waals surface area (Å²) in [7, 11) is 0. The van der Waals surface area contributed by atoms with Gasteiger partial charge in [0, 0.05) is 54.6 Å². The molecule has 9 nitrogen and oxygen atoms in total. The maximum absolute atomic E-state index is 12.7. The number of pyridine rings is 2. The summed E-state index contributed by atoms with van der Waals surface area (Å²) < 4.78 is 1.83. The molecule has 4 heterocycles. The summed E-state index contributed by atoms with van der Waals surface area (Å²) in [6.45, 7) is 3.63. The summed E-state index contributed by atoms with van der Waals surface area (Å²) in [5.41, 5.74) is 2.32. The third kappa shape index (κ3) is 3.97. The number of amides is 1. The first kappa shape index (κ1) is 20.9. The Morgan fingerprint density at radius 1 is 1.12 bits per heavy atom. The highest BCUT2D eigenvalue weighted by Gasteiger charge is 2.36. The van der Waals surface area contributed by atoms with E-state index < -0.39 is 10.8 Å². The normalized spacial score (nSPS) is 19.0. The molecule has 0 spiro atoms. The molecule has 1 N–H and O–H groups in total. The van der Waals surface area contributed by atoms with Gasteiger partial charge in [0.25, 0.3) is 17.2 Å². The maximum atomic E-state index is 12.7. The molecule has 1 aromatic carbocycles. The second-order valence-corrected chi connectivity index (χ2v) is 8.68. The zero-order chi connectivity index (χ0) is 23.1. The van der Waals surface area contributed by atoms with Crippen molar-refractivity contribution in [1.82, 2.24) is 9.55 Å². The number of hydrogen-bond acceptors (Lipinski definition) is 6. The standard InChI is InChI=1S/C24H23N5O4/c1-15-4-2-6-22(25-15)26-24(31)17-8-9-20(21(11-17)29(32)33)27-12-16-10-18(14-27)19-5-3-7-23(30)28(19)13-16/h2-9,11,16,18H,10,12-14H2,1H3,(H,25,26,31)/t16-,18+/m1/s1. The molecule has 1 amide bonds. The van der Waals surface area contributed by atoms with Crippen molar-refractivity contribution in [3.8, 4) is 0 Å². The summed E-state index contributed by atoms with van der Waals surface area (Å²) >= 11 is 0. The van der Waals surface area contributed by atoms with Crippen molar-refractivity contribution < 1.29 is 9.72 Å². The Kier molecular flexibility index (Phi) is 5.16. The second kappa shape index (κ2) is 8.16. The number of nitrogens with zero attached hydrogens (tertiary/aromatic N) is 4. The second-order valence-electron chi connectivity index (χ2n) is 8.68. The van der Waals surface area contributed by atoms with Crippen LogP contribution in [0, 0.1) is 23.0 Å². The van der Waals surface area contributed by atoms with Crippen LogP contribution >= 0.6 is 0 Å². The predicted molar refractivity (Wildman–Crippen MR) is 124 cm³/mol. The van der Waals surface area contributed by atoms with Crippen LogP contribution in [0.4, 0.5) is 17.2 Å². The average Bonchev–Trinajstić information content (AvgIpc) is 2.79. The minimum atomic E-state index is -0.452. The largest absolute Gasteiger partial charge is 0.365 e. The van der Waals surface area contributed by atoms with Crippen LogP contribution in [-0.2, 0) is 6.54 Å². The van der Waals surface area contributed by atoms with E-state index in [1.54, 1.807) is 36.4 Å². The van der Waals surface area contributed by atoms with Gasteiger partial charge in [0.2, 0.25) is 0 Å². The summed E-state index contributed by atoms with van der Waals surface area (Å²) in [6.07, 6.45) is 0.956. The molecule has 2 aliphatic rings. The number of hydrogen-bond donors (Lipinski definition) is 1. The third-order valence-electron chi connectivity index (χ3n) is 6.38. The monoisotopic (exact) mass is 445 g/mol. The van der Waals surface area contributed by atoms with E-state index in [0.29, 0.717) is 31.1 Å². The van der Waals surface area contributed by atoms with E-state index in [1.807, 2.05) is 28.5 Å². The highest BCUT2D eigenvalue weighted by Crippen LogP contribution is 2.39. The number of fused-ring (bicyclic) bond motifs is 4. The van der Waals surface area contributed by atoms with Crippen molar-refractivity contribution in [2.75, 3.05) is 23.3 Å². The predicted octanol–water partition coefficient (Wildman–Crippen LogP) is 3.34. The minimum absolute atomic E-state index is 0.0000884. The van der Waals surface area contributed by atoms with Crippen LogP contribution in [0.1, 0.15) is 34.1 Å². The van der Waals surface area contributed by atoms with Gasteiger partial charge in [-0.3, -0.25) is 19.7 Å². The lowest BCUT2D eigenvalue weighted by molar-refractivity contribution is -0.384. The topological polar surface area (TPSA) is 110 Å². The molecule has 3 aromatic rings. The van der Waals surface area contributed by atoms with Gasteiger partial charge in [-0.15, -0.1) is 0 Å². The minimum Gasteiger partial charge on any atom is -0.365 e. The van der Waals surface area contributed by atoms with Crippen molar-refractivity contribution in [2.45, 2.75) is 25.8 Å². The Balaban J connectivity index is 1.43. The molecule has 0 aliphatic carbocycles. The van der Waals surface area contributed by atoms with Crippen molar-refractivity contribution in [1.29, 1.82) is 0 Å². The Bertz CT molecular complexity index is 1320. The highest BCUT2D eigenvalue weighted by atomic mass is 16.6. The van der Waals surface area contributed by atoms with E-state index >= 15 is 0 Å². The molecule has 0 radical (unpaired) electrons. The van der Waals surface area contributed by atoms with Gasteiger partial charge in [-0.05, 0) is 49.6 Å². The number of carbonyl (C=O) groups excluding carboxylic acids is 1. The Labute approximate surface area is 189 Å². The fourth-order valence-corrected chi connectivity index (χ4v) is 4.97. The number of benzene rings is 1. The van der Waals surface area contributed by atoms with E-state index in [-0.39, 0.29) is 28.6 Å². The number of carbonyl (C=O) groups is 1. The molecule has 168 valence electrons. The fraction of sp³-hybridized carbons (Fsp3) is 0.292. The van der Waals surface area contributed by atoms with Gasteiger partial charge in [0.05, 0.1) is 4.92 Å². The van der Waals surface area contributed by atoms with E-state index in [0.717, 1.165) is 17.8 Å². The molecule has 2 aliphatic heterocycles. The number of rotatable bonds is 4. The zero-order valence-electron chi connectivity index (χ0n) is 18.1. The van der Waals surface area contributed by atoms with Gasteiger partial charge >= 0.3 is 0 Å². The van der Waals surface area contributed by atoms with Crippen LogP contribution in [0.3, 0.4) is 0 Å². The molecule has 2 atom stereocenters. The first-order valence-corrected chi connectivity index (χ1v) is 10.9. The average molecular weight is 445 g/mol. The maximum Gasteiger partial charge on any atom is 0.293 e. The van der Waals surface area contributed by atoms with Gasteiger partial charge < -0.3 is 14.8 Å². The van der Waals surface area contributed by atoms with Crippen LogP contribution in [0.2, 0.25) is 0 Å². The van der Waals surface area contributed by atoms with E-state index in [2.05, 4.69) is 10.3 Å². The quantitative estimate of drug-likeness (QED) is 0.487. The molecule has 2 aromatic heterocycles. The van der Waals surface area contributed by atoms with Crippen LogP contribution in [0.15, 0.2) is 59.4 Å². The summed E-state index contributed by atoms with van der Waals surface area (Å²) in [5.74, 6) is 0.295. The Hall–Kier alpha value is -4.01. The molecule has 0 unspecified atom stereocenters. The lowest BCUT2D eigenvalue weighted by Crippen LogP contribution is -2.47. The third-order valence-corrected chi connectivity index (χ3v) is 6.38. The Morgan fingerprint density at radius 2 is 1.94 bits per heavy atom. The first-order valence-electron chi connectivity index (χ1n) is 10.9. The van der Waals surface area contributed by atoms with Crippen molar-refractivity contribution in [3.05, 3.63) is 92.0 Å². The van der Waals surface area contributed by atoms with Crippen molar-refractivity contribution in [2.24, 2.45) is 5.92 Å². The van der Waals surface area contributed by atoms with Crippen LogP contribution in [0.5, 0.6) is 0 Å². The van der Waals surface area contributed by atoms with Gasteiger partial charge in [-0.25, -0.2) is 4.98 Å². The SMILES string of the molecule is Cc1cccc(NC(=O)c2ccc(N3C[C@H]4C[C@@H](C3)c3cccc(=O)n3C4)c([N+](=O)[O-])c2)n1. The number of nitro groups is 1. The van der Waals surface area contributed by atoms with E-state index in [9.17, 15) is 19.7 Å². The van der Waals surface area contributed by atoms with Gasteiger partial charge in [-0.2, -0.15) is 0 Å². The molecule has 33 heavy (non-hydrogen) atoms. The zero-order valence-corrected chi connectivity index (χ0v) is 18.1. The van der Waals surface area contributed by atoms with E-state index in [4.69, 9.17) is 0 Å². The van der Waals surface area contributed by atoms with Gasteiger partial charge in [0.1, 0.15) is 11.5 Å². The molecule has 1 fully saturated rings. The summed E-state index contributed by atoms with van der Waals surface area (Å²) in [6, 6.07) is 15.2. The van der Waals surface area contributed by atoms with Crippen LogP contribution in [0.25, 0.3) is 0 Å². The summed E-state index contributed by atoms with van der Waals surface area (Å²) in [5, 5.41) is 14.6. The number of piperidine rings is 1. The molecule has 0 saturated carbocycles. The molecular formula is C24H23N5O4. The highest BCUT2D eigenvalue weighted by molar-refractivity contribution is 6.04. The van der Waals surface area contributed by atoms with Gasteiger partial charge in [0.15, 0.2) is 0 Å². The fourth-order valence-electron chi connectivity index (χ4n) is 4.97. The molecule has 9 heteroatoms. The number of aromatic nitrogens is 2. The van der Waals surface area contributed by atoms with Crippen molar-refractivity contribution >= 4 is 23.1 Å². The number of aryl methyl sites for hydroxylation is 1. The molecule has 2 bridgehead atoms. The number of nitro benzene ring substituents is 1. The van der Waals surface area contributed by atoms with Gasteiger partial charge in [-0.1, -0.05) is 12.1 Å². The van der Waals surface area contributed by atoms with Crippen molar-refractivity contribution in [3.63, 3.8) is 0 Å². The smallest absolute Gasteiger partial charge is 0.293 e. The first-order chi connectivity index (χ1) is 15.9. The number of nitrogens with one attached hydrogen (secondary N) is 1. The van der Waals surface area contributed by atoms with E-state index in [1.165, 1.54) is 6.07 Å². The lowest BCUT2D eigenvalue weighted by atomic mass is 9.83. The molecule has 1 saturated heterocycles.